The third-order valence-electron chi connectivity index (χ3n) is 26.1. The molecule has 124 heavy (non-hydrogen) atoms. The lowest BCUT2D eigenvalue weighted by Crippen LogP contribution is -2.75. The lowest BCUT2D eigenvalue weighted by molar-refractivity contribution is 0.590. The SMILES string of the molecule is CC(C)(C)c1ccc(-c2cc(-c3ccc(C(C)(C)C)cc3)cc(N3c4cc([Si](c5ccccc5)(c5ccccc5)c5ccccc5)ccc4B4c5ccc([Si](c6ccccc6)(c6ccccc6)c6ccccc6)cc5N(c5cc(-c6ccc(C(C)(C)C)cc6)cc(-c6ccc(C(C)(C)C)cc6)c5)c5cc(N(c6ccccc6)c6ccccc6)cc3c54)c2)cc1. The van der Waals surface area contributed by atoms with E-state index in [9.17, 15) is 0 Å². The molecule has 2 aliphatic rings. The number of hydrogen-bond donors (Lipinski definition) is 0. The number of fused-ring (bicyclic) bond motifs is 4. The Morgan fingerprint density at radius 3 is 0.669 bits per heavy atom. The summed E-state index contributed by atoms with van der Waals surface area (Å²) in [5.74, 6) is 0. The van der Waals surface area contributed by atoms with Crippen molar-refractivity contribution in [1.29, 1.82) is 0 Å². The normalized spacial score (nSPS) is 12.8. The average molecular weight is 1630 g/mol. The molecule has 604 valence electrons. The average Bonchev–Trinajstić information content (AvgIpc) is 0.688. The van der Waals surface area contributed by atoms with E-state index in [-0.39, 0.29) is 28.4 Å². The molecule has 0 aromatic heterocycles. The van der Waals surface area contributed by atoms with Crippen LogP contribution >= 0.6 is 0 Å². The van der Waals surface area contributed by atoms with Crippen LogP contribution < -0.4 is 72.6 Å². The molecule has 17 aromatic carbocycles. The molecule has 0 N–H and O–H groups in total. The Bertz CT molecular complexity index is 5950. The second-order valence-electron chi connectivity index (χ2n) is 38.1. The number of rotatable bonds is 17. The molecular weight excluding hydrogens is 1530 g/mol. The molecule has 6 heteroatoms. The number of benzene rings is 17. The highest BCUT2D eigenvalue weighted by Crippen LogP contribution is 2.51. The zero-order chi connectivity index (χ0) is 85.3. The van der Waals surface area contributed by atoms with Crippen molar-refractivity contribution in [2.24, 2.45) is 0 Å². The van der Waals surface area contributed by atoms with Gasteiger partial charge in [0.1, 0.15) is 0 Å². The Balaban J connectivity index is 1.00. The molecule has 0 bridgehead atoms. The number of nitrogens with zero attached hydrogens (tertiary/aromatic N) is 3. The van der Waals surface area contributed by atoms with Crippen molar-refractivity contribution in [3.8, 4) is 44.5 Å². The maximum atomic E-state index is 2.72. The largest absolute Gasteiger partial charge is 0.311 e. The van der Waals surface area contributed by atoms with Crippen molar-refractivity contribution in [3.05, 3.63) is 447 Å². The van der Waals surface area contributed by atoms with E-state index in [1.807, 2.05) is 0 Å². The summed E-state index contributed by atoms with van der Waals surface area (Å²) in [6, 6.07) is 164. The number of anilines is 9. The minimum atomic E-state index is -3.28. The highest BCUT2D eigenvalue weighted by atomic mass is 28.3. The molecule has 0 aliphatic carbocycles. The van der Waals surface area contributed by atoms with Crippen LogP contribution in [0.1, 0.15) is 105 Å². The van der Waals surface area contributed by atoms with E-state index in [4.69, 9.17) is 0 Å². The Morgan fingerprint density at radius 1 is 0.202 bits per heavy atom. The van der Waals surface area contributed by atoms with Crippen LogP contribution in [0.4, 0.5) is 51.2 Å². The van der Waals surface area contributed by atoms with E-state index in [0.29, 0.717) is 0 Å². The molecule has 2 heterocycles. The van der Waals surface area contributed by atoms with Crippen LogP contribution in [-0.2, 0) is 21.7 Å². The maximum Gasteiger partial charge on any atom is 0.252 e. The van der Waals surface area contributed by atoms with Gasteiger partial charge in [-0.2, -0.15) is 0 Å². The Hall–Kier alpha value is -13.4. The fourth-order valence-corrected chi connectivity index (χ4v) is 29.2. The van der Waals surface area contributed by atoms with Crippen LogP contribution in [0.3, 0.4) is 0 Å². The third-order valence-corrected chi connectivity index (χ3v) is 35.7. The second kappa shape index (κ2) is 32.1. The molecule has 3 nitrogen and oxygen atoms in total. The van der Waals surface area contributed by atoms with Gasteiger partial charge in [-0.3, -0.25) is 0 Å². The van der Waals surface area contributed by atoms with Crippen molar-refractivity contribution in [2.75, 3.05) is 14.7 Å². The van der Waals surface area contributed by atoms with Crippen molar-refractivity contribution in [2.45, 2.75) is 105 Å². The molecule has 0 fully saturated rings. The lowest BCUT2D eigenvalue weighted by Gasteiger charge is -2.46. The summed E-state index contributed by atoms with van der Waals surface area (Å²) >= 11 is 0. The van der Waals surface area contributed by atoms with Gasteiger partial charge < -0.3 is 14.7 Å². The summed E-state index contributed by atoms with van der Waals surface area (Å²) in [5.41, 5.74) is 27.4. The van der Waals surface area contributed by atoms with E-state index in [2.05, 4.69) is 522 Å². The Labute approximate surface area is 737 Å². The molecule has 0 saturated carbocycles. The minimum Gasteiger partial charge on any atom is -0.311 e. The van der Waals surface area contributed by atoms with E-state index < -0.39 is 16.1 Å². The molecule has 19 rings (SSSR count). The van der Waals surface area contributed by atoms with Crippen LogP contribution in [0, 0.1) is 0 Å². The van der Waals surface area contributed by atoms with Gasteiger partial charge in [-0.25, -0.2) is 0 Å². The van der Waals surface area contributed by atoms with Gasteiger partial charge in [0.15, 0.2) is 16.1 Å². The summed E-state index contributed by atoms with van der Waals surface area (Å²) in [4.78, 5) is 7.94. The highest BCUT2D eigenvalue weighted by molar-refractivity contribution is 7.20. The molecule has 0 saturated heterocycles. The minimum absolute atomic E-state index is 0.0511. The fraction of sp³-hybridized carbons (Fsp3) is 0.136. The van der Waals surface area contributed by atoms with Crippen molar-refractivity contribution in [3.63, 3.8) is 0 Å². The Morgan fingerprint density at radius 2 is 0.435 bits per heavy atom. The monoisotopic (exact) mass is 1630 g/mol. The molecule has 0 radical (unpaired) electrons. The predicted molar refractivity (Wildman–Crippen MR) is 539 cm³/mol. The first-order valence-corrected chi connectivity index (χ1v) is 48.0. The predicted octanol–water partition coefficient (Wildman–Crippen LogP) is 23.9. The molecule has 0 spiro atoms. The first kappa shape index (κ1) is 80.4. The zero-order valence-corrected chi connectivity index (χ0v) is 75.3. The van der Waals surface area contributed by atoms with Crippen LogP contribution in [0.25, 0.3) is 44.5 Å². The van der Waals surface area contributed by atoms with Gasteiger partial charge in [0.05, 0.1) is 5.69 Å². The molecule has 0 amide bonds. The van der Waals surface area contributed by atoms with Gasteiger partial charge in [0.2, 0.25) is 0 Å². The van der Waals surface area contributed by atoms with E-state index in [1.165, 1.54) is 80.1 Å². The van der Waals surface area contributed by atoms with Gasteiger partial charge in [0.25, 0.3) is 6.71 Å². The summed E-state index contributed by atoms with van der Waals surface area (Å²) in [6.45, 7) is 27.4. The van der Waals surface area contributed by atoms with Gasteiger partial charge in [-0.1, -0.05) is 423 Å². The Kier molecular flexibility index (Phi) is 20.8. The number of hydrogen-bond acceptors (Lipinski definition) is 3. The van der Waals surface area contributed by atoms with Crippen LogP contribution in [0.5, 0.6) is 0 Å². The molecule has 17 aromatic rings. The van der Waals surface area contributed by atoms with Crippen molar-refractivity contribution in [1.82, 2.24) is 0 Å². The van der Waals surface area contributed by atoms with Gasteiger partial charge in [-0.05, 0) is 231 Å². The maximum absolute atomic E-state index is 3.28. The van der Waals surface area contributed by atoms with Gasteiger partial charge in [-0.15, -0.1) is 0 Å². The van der Waals surface area contributed by atoms with Crippen LogP contribution in [0.2, 0.25) is 0 Å². The summed E-state index contributed by atoms with van der Waals surface area (Å²) in [7, 11) is -6.56. The molecule has 2 aliphatic heterocycles. The van der Waals surface area contributed by atoms with Crippen LogP contribution in [0.15, 0.2) is 425 Å². The first-order valence-electron chi connectivity index (χ1n) is 44.0. The molecule has 0 atom stereocenters. The van der Waals surface area contributed by atoms with Crippen molar-refractivity contribution < 1.29 is 0 Å². The van der Waals surface area contributed by atoms with E-state index in [1.54, 1.807) is 0 Å². The summed E-state index contributed by atoms with van der Waals surface area (Å²) < 4.78 is 0. The van der Waals surface area contributed by atoms with Gasteiger partial charge in [0, 0.05) is 45.5 Å². The topological polar surface area (TPSA) is 9.72 Å². The van der Waals surface area contributed by atoms with Gasteiger partial charge >= 0.3 is 0 Å². The first-order chi connectivity index (χ1) is 60.0. The summed E-state index contributed by atoms with van der Waals surface area (Å²) in [6.07, 6.45) is 0. The van der Waals surface area contributed by atoms with Crippen molar-refractivity contribution >= 4 is 132 Å². The smallest absolute Gasteiger partial charge is 0.252 e. The summed E-state index contributed by atoms with van der Waals surface area (Å²) in [5, 5.41) is 10.5. The third kappa shape index (κ3) is 14.7. The second-order valence-corrected chi connectivity index (χ2v) is 45.7. The quantitative estimate of drug-likeness (QED) is 0.0664. The van der Waals surface area contributed by atoms with E-state index >= 15 is 0 Å². The molecular formula is C118H106BN3Si2. The number of para-hydroxylation sites is 2. The zero-order valence-electron chi connectivity index (χ0n) is 73.3. The van der Waals surface area contributed by atoms with E-state index in [0.717, 1.165) is 95.7 Å². The fourth-order valence-electron chi connectivity index (χ4n) is 19.7. The highest BCUT2D eigenvalue weighted by Gasteiger charge is 2.49. The molecule has 0 unspecified atom stereocenters. The van der Waals surface area contributed by atoms with Crippen LogP contribution in [-0.4, -0.2) is 22.9 Å². The standard InChI is InChI=1S/C118H106BN3Si2/c1-115(2,3)91-61-53-83(54-62-91)87-73-88(84-55-63-92(64-56-84)116(4,5)6)76-97(75-87)121-110-81-106(123(100-41-25-15-26-42-100,101-43-27-16-28-44-101)102-45-29-17-30-46-102)69-71-108(110)119-109-72-70-107(124(103-47-31-18-32-48-103,104-49-33-19-34-50-104)105-51-35-20-36-52-105)82-111(109)122(113-80-99(79-112(121)114(113)119)120(95-37-21-13-22-38-95)96-39-23-14-24-40-96)98-77-89(85-57-65-93(66-58-85)117(7,8)9)74-90(78-98)86-59-67-94(68-60-86)118(10,11)12/h13-82H,1-12H3. The lowest BCUT2D eigenvalue weighted by atomic mass is 9.33.